The highest BCUT2D eigenvalue weighted by Crippen LogP contribution is 2.29. The second-order valence-electron chi connectivity index (χ2n) is 13.2. The number of nitrogens with zero attached hydrogens (tertiary/aromatic N) is 4. The fourth-order valence-corrected chi connectivity index (χ4v) is 5.59. The van der Waals surface area contributed by atoms with Crippen LogP contribution in [0.15, 0.2) is 61.1 Å². The highest BCUT2D eigenvalue weighted by Gasteiger charge is 2.44. The highest BCUT2D eigenvalue weighted by molar-refractivity contribution is 5.92. The van der Waals surface area contributed by atoms with Crippen molar-refractivity contribution in [2.24, 2.45) is 12.5 Å². The summed E-state index contributed by atoms with van der Waals surface area (Å²) in [6, 6.07) is 11.7. The van der Waals surface area contributed by atoms with Crippen LogP contribution in [0.3, 0.4) is 0 Å². The number of imidazole rings is 1. The molecule has 47 heavy (non-hydrogen) atoms. The monoisotopic (exact) mass is 650 g/mol. The van der Waals surface area contributed by atoms with Gasteiger partial charge < -0.3 is 34.5 Å². The van der Waals surface area contributed by atoms with E-state index in [2.05, 4.69) is 15.6 Å². The Bertz CT molecular complexity index is 1500. The number of likely N-dealkylation sites (N-methyl/N-ethyl adjacent to an activating group) is 1. The van der Waals surface area contributed by atoms with Gasteiger partial charge in [-0.3, -0.25) is 14.4 Å². The van der Waals surface area contributed by atoms with Gasteiger partial charge in [-0.25, -0.2) is 9.37 Å². The molecule has 0 saturated carbocycles. The zero-order valence-corrected chi connectivity index (χ0v) is 28.3. The number of nitrogens with one attached hydrogen (secondary N) is 2. The maximum atomic E-state index is 14.4. The van der Waals surface area contributed by atoms with Crippen LogP contribution in [0.1, 0.15) is 50.2 Å². The van der Waals surface area contributed by atoms with Gasteiger partial charge in [-0.05, 0) is 67.8 Å². The molecule has 1 aliphatic rings. The molecule has 0 bridgehead atoms. The fourth-order valence-electron chi connectivity index (χ4n) is 5.59. The van der Waals surface area contributed by atoms with Crippen LogP contribution >= 0.6 is 0 Å². The summed E-state index contributed by atoms with van der Waals surface area (Å²) in [5.41, 5.74) is 0.556. The van der Waals surface area contributed by atoms with E-state index >= 15 is 0 Å². The molecule has 4 rings (SSSR count). The van der Waals surface area contributed by atoms with Gasteiger partial charge in [0.05, 0.1) is 32.1 Å². The number of hydrogen-bond donors (Lipinski definition) is 2. The Balaban J connectivity index is 1.64. The predicted molar refractivity (Wildman–Crippen MR) is 177 cm³/mol. The minimum atomic E-state index is -0.827. The van der Waals surface area contributed by atoms with Crippen molar-refractivity contribution in [2.75, 3.05) is 33.8 Å². The van der Waals surface area contributed by atoms with Crippen LogP contribution in [0.4, 0.5) is 4.39 Å². The molecule has 0 unspecified atom stereocenters. The van der Waals surface area contributed by atoms with Crippen LogP contribution in [0, 0.1) is 11.2 Å². The first-order valence-electron chi connectivity index (χ1n) is 15.9. The number of carbonyl (C=O) groups excluding carboxylic acids is 3. The smallest absolute Gasteiger partial charge is 0.274 e. The van der Waals surface area contributed by atoms with E-state index in [-0.39, 0.29) is 48.4 Å². The summed E-state index contributed by atoms with van der Waals surface area (Å²) in [5, 5.41) is 5.90. The van der Waals surface area contributed by atoms with Gasteiger partial charge in [-0.15, -0.1) is 0 Å². The standard InChI is InChI=1S/C35H47FN6O5/c1-23(37-5)32(43)39-31(35(2,3)4)34(45)42-20-29(47-28-14-12-27(46-7)13-15-28)18-26(42)19-41(33(44)30-21-40(6)22-38-30)17-16-24-8-10-25(36)11-9-24/h8-15,21-23,26,29,31,37H,16-20H2,1-7H3,(H,39,43)/t23-,26-,29-,31+/m0/s1. The Morgan fingerprint density at radius 3 is 2.32 bits per heavy atom. The molecule has 3 aromatic rings. The lowest BCUT2D eigenvalue weighted by Gasteiger charge is -2.37. The summed E-state index contributed by atoms with van der Waals surface area (Å²) in [5.74, 6) is 0.191. The van der Waals surface area contributed by atoms with Crippen molar-refractivity contribution in [2.45, 2.75) is 64.8 Å². The van der Waals surface area contributed by atoms with Crippen molar-refractivity contribution in [1.82, 2.24) is 30.0 Å². The largest absolute Gasteiger partial charge is 0.497 e. The molecule has 0 radical (unpaired) electrons. The van der Waals surface area contributed by atoms with Gasteiger partial charge in [0.25, 0.3) is 5.91 Å². The summed E-state index contributed by atoms with van der Waals surface area (Å²) < 4.78 is 26.9. The molecule has 12 heteroatoms. The van der Waals surface area contributed by atoms with E-state index < -0.39 is 23.5 Å². The number of methoxy groups -OCH3 is 1. The van der Waals surface area contributed by atoms with Crippen molar-refractivity contribution in [3.8, 4) is 11.5 Å². The molecule has 2 heterocycles. The van der Waals surface area contributed by atoms with E-state index in [9.17, 15) is 18.8 Å². The number of carbonyl (C=O) groups is 3. The lowest BCUT2D eigenvalue weighted by atomic mass is 9.85. The maximum Gasteiger partial charge on any atom is 0.274 e. The molecular weight excluding hydrogens is 603 g/mol. The van der Waals surface area contributed by atoms with E-state index in [4.69, 9.17) is 9.47 Å². The number of aryl methyl sites for hydroxylation is 1. The number of likely N-dealkylation sites (tertiary alicyclic amines) is 1. The van der Waals surface area contributed by atoms with Gasteiger partial charge in [0.2, 0.25) is 11.8 Å². The molecule has 3 amide bonds. The first-order valence-corrected chi connectivity index (χ1v) is 15.9. The van der Waals surface area contributed by atoms with Crippen molar-refractivity contribution < 1.29 is 28.2 Å². The van der Waals surface area contributed by atoms with Gasteiger partial charge in [-0.1, -0.05) is 32.9 Å². The molecular formula is C35H47FN6O5. The van der Waals surface area contributed by atoms with Crippen LogP contribution in [-0.2, 0) is 23.1 Å². The Hall–Kier alpha value is -4.45. The normalized spacial score (nSPS) is 17.6. The van der Waals surface area contributed by atoms with E-state index in [1.54, 1.807) is 67.2 Å². The summed E-state index contributed by atoms with van der Waals surface area (Å²) in [6.45, 7) is 8.27. The SMILES string of the molecule is CN[C@@H](C)C(=O)N[C@H](C(=O)N1C[C@@H](Oc2ccc(OC)cc2)C[C@H]1CN(CCc1ccc(F)cc1)C(=O)c1cn(C)cn1)C(C)(C)C. The molecule has 254 valence electrons. The molecule has 4 atom stereocenters. The summed E-state index contributed by atoms with van der Waals surface area (Å²) in [4.78, 5) is 49.0. The van der Waals surface area contributed by atoms with Crippen LogP contribution in [-0.4, -0.2) is 95.1 Å². The topological polar surface area (TPSA) is 118 Å². The Morgan fingerprint density at radius 2 is 1.74 bits per heavy atom. The van der Waals surface area contributed by atoms with Crippen LogP contribution in [0.5, 0.6) is 11.5 Å². The van der Waals surface area contributed by atoms with Gasteiger partial charge in [0.15, 0.2) is 0 Å². The van der Waals surface area contributed by atoms with Gasteiger partial charge in [0.1, 0.15) is 35.2 Å². The third-order valence-electron chi connectivity index (χ3n) is 8.47. The van der Waals surface area contributed by atoms with E-state index in [1.807, 2.05) is 45.0 Å². The number of benzene rings is 2. The Labute approximate surface area is 276 Å². The van der Waals surface area contributed by atoms with Gasteiger partial charge >= 0.3 is 0 Å². The van der Waals surface area contributed by atoms with Crippen molar-refractivity contribution in [1.29, 1.82) is 0 Å². The third kappa shape index (κ3) is 9.31. The van der Waals surface area contributed by atoms with Crippen LogP contribution in [0.2, 0.25) is 0 Å². The Kier molecular flexibility index (Phi) is 11.6. The summed E-state index contributed by atoms with van der Waals surface area (Å²) in [6.07, 6.45) is 3.80. The molecule has 0 aliphatic carbocycles. The lowest BCUT2D eigenvalue weighted by Crippen LogP contribution is -2.59. The number of ether oxygens (including phenoxy) is 2. The predicted octanol–water partition coefficient (Wildman–Crippen LogP) is 3.44. The molecule has 1 aromatic heterocycles. The quantitative estimate of drug-likeness (QED) is 0.291. The first kappa shape index (κ1) is 35.4. The molecule has 0 spiro atoms. The van der Waals surface area contributed by atoms with Gasteiger partial charge in [0, 0.05) is 32.8 Å². The van der Waals surface area contributed by atoms with Crippen molar-refractivity contribution in [3.05, 3.63) is 78.1 Å². The zero-order chi connectivity index (χ0) is 34.3. The molecule has 2 N–H and O–H groups in total. The molecule has 2 aromatic carbocycles. The second-order valence-corrected chi connectivity index (χ2v) is 13.2. The number of aromatic nitrogens is 2. The van der Waals surface area contributed by atoms with Gasteiger partial charge in [-0.2, -0.15) is 0 Å². The van der Waals surface area contributed by atoms with Crippen LogP contribution in [0.25, 0.3) is 0 Å². The number of halogens is 1. The average Bonchev–Trinajstić information content (AvgIpc) is 3.66. The van der Waals surface area contributed by atoms with E-state index in [1.165, 1.54) is 12.1 Å². The summed E-state index contributed by atoms with van der Waals surface area (Å²) in [7, 11) is 5.08. The van der Waals surface area contributed by atoms with E-state index in [0.29, 0.717) is 30.9 Å². The maximum absolute atomic E-state index is 14.4. The lowest BCUT2D eigenvalue weighted by molar-refractivity contribution is -0.141. The van der Waals surface area contributed by atoms with E-state index in [0.717, 1.165) is 5.56 Å². The second kappa shape index (κ2) is 15.4. The molecule has 1 fully saturated rings. The number of rotatable bonds is 13. The number of amides is 3. The minimum Gasteiger partial charge on any atom is -0.497 e. The number of hydrogen-bond acceptors (Lipinski definition) is 7. The first-order chi connectivity index (χ1) is 22.3. The fraction of sp³-hybridized carbons (Fsp3) is 0.486. The zero-order valence-electron chi connectivity index (χ0n) is 28.3. The molecule has 1 saturated heterocycles. The molecule has 1 aliphatic heterocycles. The highest BCUT2D eigenvalue weighted by atomic mass is 19.1. The Morgan fingerprint density at radius 1 is 1.09 bits per heavy atom. The average molecular weight is 651 g/mol. The van der Waals surface area contributed by atoms with Crippen molar-refractivity contribution >= 4 is 17.7 Å². The third-order valence-corrected chi connectivity index (χ3v) is 8.47. The van der Waals surface area contributed by atoms with Crippen molar-refractivity contribution in [3.63, 3.8) is 0 Å². The molecule has 11 nitrogen and oxygen atoms in total. The minimum absolute atomic E-state index is 0.211. The summed E-state index contributed by atoms with van der Waals surface area (Å²) >= 11 is 0. The van der Waals surface area contributed by atoms with Crippen LogP contribution < -0.4 is 20.1 Å².